The first kappa shape index (κ1) is 20.7. The van der Waals surface area contributed by atoms with Crippen LogP contribution in [-0.4, -0.2) is 50.4 Å². The summed E-state index contributed by atoms with van der Waals surface area (Å²) in [5.74, 6) is -1.40. The predicted molar refractivity (Wildman–Crippen MR) is 99.3 cm³/mol. The van der Waals surface area contributed by atoms with Crippen LogP contribution >= 0.6 is 11.6 Å². The van der Waals surface area contributed by atoms with Gasteiger partial charge in [0.15, 0.2) is 6.61 Å². The first-order valence-electron chi connectivity index (χ1n) is 7.59. The zero-order valence-corrected chi connectivity index (χ0v) is 16.0. The molecule has 2 rings (SSSR count). The lowest BCUT2D eigenvalue weighted by atomic mass is 10.2. The third-order valence-electron chi connectivity index (χ3n) is 3.41. The fourth-order valence-electron chi connectivity index (χ4n) is 1.98. The number of halogens is 1. The molecule has 0 unspecified atom stereocenters. The Hall–Kier alpha value is -2.62. The highest BCUT2D eigenvalue weighted by Crippen LogP contribution is 2.26. The molecule has 8 nitrogen and oxygen atoms in total. The Balaban J connectivity index is 2.04. The molecule has 2 N–H and O–H groups in total. The summed E-state index contributed by atoms with van der Waals surface area (Å²) in [6.45, 7) is -0.571. The molecule has 0 aliphatic rings. The molecule has 0 aromatic heterocycles. The number of benzene rings is 2. The van der Waals surface area contributed by atoms with Gasteiger partial charge in [-0.05, 0) is 42.5 Å². The fourth-order valence-corrected chi connectivity index (χ4v) is 3.38. The van der Waals surface area contributed by atoms with E-state index >= 15 is 0 Å². The minimum Gasteiger partial charge on any atom is -0.508 e. The van der Waals surface area contributed by atoms with Crippen molar-refractivity contribution < 1.29 is 27.9 Å². The number of aromatic hydroxyl groups is 1. The van der Waals surface area contributed by atoms with E-state index in [-0.39, 0.29) is 26.9 Å². The zero-order valence-electron chi connectivity index (χ0n) is 14.5. The van der Waals surface area contributed by atoms with Gasteiger partial charge in [0.2, 0.25) is 10.0 Å². The van der Waals surface area contributed by atoms with Gasteiger partial charge in [-0.15, -0.1) is 0 Å². The number of rotatable bonds is 6. The van der Waals surface area contributed by atoms with Crippen LogP contribution in [0.4, 0.5) is 5.69 Å². The highest BCUT2D eigenvalue weighted by atomic mass is 35.5. The van der Waals surface area contributed by atoms with Crippen LogP contribution in [0.15, 0.2) is 47.4 Å². The van der Waals surface area contributed by atoms with Gasteiger partial charge in [0, 0.05) is 19.8 Å². The van der Waals surface area contributed by atoms with Crippen LogP contribution in [0, 0.1) is 0 Å². The first-order chi connectivity index (χ1) is 12.6. The number of hydrogen-bond acceptors (Lipinski definition) is 6. The van der Waals surface area contributed by atoms with Crippen LogP contribution in [0.1, 0.15) is 10.4 Å². The molecule has 0 bridgehead atoms. The molecule has 0 aliphatic heterocycles. The van der Waals surface area contributed by atoms with E-state index in [1.807, 2.05) is 0 Å². The van der Waals surface area contributed by atoms with E-state index in [4.69, 9.17) is 16.3 Å². The van der Waals surface area contributed by atoms with Crippen molar-refractivity contribution >= 4 is 39.2 Å². The number of phenolic OH excluding ortho intramolecular Hbond substituents is 1. The number of ether oxygens (including phenoxy) is 1. The molecule has 0 heterocycles. The Kier molecular flexibility index (Phi) is 6.42. The molecule has 0 spiro atoms. The molecule has 10 heteroatoms. The van der Waals surface area contributed by atoms with Crippen LogP contribution in [0.25, 0.3) is 0 Å². The largest absolute Gasteiger partial charge is 0.508 e. The van der Waals surface area contributed by atoms with Crippen molar-refractivity contribution in [2.75, 3.05) is 26.0 Å². The molecule has 0 fully saturated rings. The molecule has 27 heavy (non-hydrogen) atoms. The van der Waals surface area contributed by atoms with E-state index in [0.717, 1.165) is 4.31 Å². The number of carbonyl (C=O) groups excluding carboxylic acids is 2. The van der Waals surface area contributed by atoms with Crippen molar-refractivity contribution in [3.05, 3.63) is 53.1 Å². The summed E-state index contributed by atoms with van der Waals surface area (Å²) in [4.78, 5) is 23.6. The van der Waals surface area contributed by atoms with Gasteiger partial charge in [0.05, 0.1) is 10.6 Å². The summed E-state index contributed by atoms with van der Waals surface area (Å²) in [5.41, 5.74) is 0.358. The number of sulfonamides is 1. The van der Waals surface area contributed by atoms with Crippen molar-refractivity contribution in [3.8, 4) is 5.75 Å². The molecule has 0 saturated heterocycles. The van der Waals surface area contributed by atoms with Gasteiger partial charge in [0.1, 0.15) is 10.6 Å². The fraction of sp³-hybridized carbons (Fsp3) is 0.176. The first-order valence-corrected chi connectivity index (χ1v) is 9.41. The Morgan fingerprint density at radius 1 is 1.15 bits per heavy atom. The Bertz CT molecular complexity index is 958. The average molecular weight is 413 g/mol. The van der Waals surface area contributed by atoms with Gasteiger partial charge in [0.25, 0.3) is 5.91 Å². The van der Waals surface area contributed by atoms with Gasteiger partial charge >= 0.3 is 5.97 Å². The summed E-state index contributed by atoms with van der Waals surface area (Å²) < 4.78 is 30.3. The Morgan fingerprint density at radius 2 is 1.78 bits per heavy atom. The molecule has 0 aliphatic carbocycles. The molecule has 2 aromatic rings. The molecule has 1 amide bonds. The van der Waals surface area contributed by atoms with Crippen LogP contribution in [-0.2, 0) is 19.6 Å². The van der Waals surface area contributed by atoms with Gasteiger partial charge in [-0.3, -0.25) is 4.79 Å². The average Bonchev–Trinajstić information content (AvgIpc) is 2.61. The number of anilines is 1. The summed E-state index contributed by atoms with van der Waals surface area (Å²) in [6, 6.07) is 9.33. The van der Waals surface area contributed by atoms with Gasteiger partial charge in [-0.2, -0.15) is 0 Å². The monoisotopic (exact) mass is 412 g/mol. The van der Waals surface area contributed by atoms with E-state index in [1.165, 1.54) is 56.6 Å². The highest BCUT2D eigenvalue weighted by Gasteiger charge is 2.21. The minimum atomic E-state index is -3.79. The normalized spacial score (nSPS) is 11.3. The maximum absolute atomic E-state index is 12.2. The van der Waals surface area contributed by atoms with Crippen molar-refractivity contribution in [2.24, 2.45) is 0 Å². The standard InChI is InChI=1S/C17H17ClN2O6S/c1-20(2)27(24,25)15-9-12(5-8-14(15)18)19-16(22)10-26-17(23)11-3-6-13(21)7-4-11/h3-9,21H,10H2,1-2H3,(H,19,22). The smallest absolute Gasteiger partial charge is 0.338 e. The van der Waals surface area contributed by atoms with E-state index < -0.39 is 28.5 Å². The van der Waals surface area contributed by atoms with Gasteiger partial charge in [-0.1, -0.05) is 11.6 Å². The molecule has 144 valence electrons. The number of nitrogens with one attached hydrogen (secondary N) is 1. The van der Waals surface area contributed by atoms with Crippen LogP contribution in [0.3, 0.4) is 0 Å². The predicted octanol–water partition coefficient (Wildman–Crippen LogP) is 2.09. The van der Waals surface area contributed by atoms with E-state index in [1.54, 1.807) is 0 Å². The molecule has 2 aromatic carbocycles. The van der Waals surface area contributed by atoms with Crippen LogP contribution in [0.5, 0.6) is 5.75 Å². The van der Waals surface area contributed by atoms with Crippen molar-refractivity contribution in [1.29, 1.82) is 0 Å². The number of amides is 1. The molecule has 0 saturated carbocycles. The lowest BCUT2D eigenvalue weighted by molar-refractivity contribution is -0.119. The second kappa shape index (κ2) is 8.38. The third kappa shape index (κ3) is 5.19. The highest BCUT2D eigenvalue weighted by molar-refractivity contribution is 7.89. The van der Waals surface area contributed by atoms with E-state index in [9.17, 15) is 23.1 Å². The maximum atomic E-state index is 12.2. The zero-order chi connectivity index (χ0) is 20.2. The topological polar surface area (TPSA) is 113 Å². The SMILES string of the molecule is CN(C)S(=O)(=O)c1cc(NC(=O)COC(=O)c2ccc(O)cc2)ccc1Cl. The molecule has 0 radical (unpaired) electrons. The Labute approximate surface area is 161 Å². The van der Waals surface area contributed by atoms with E-state index in [2.05, 4.69) is 5.32 Å². The summed E-state index contributed by atoms with van der Waals surface area (Å²) in [5, 5.41) is 11.6. The second-order valence-electron chi connectivity index (χ2n) is 5.60. The summed E-state index contributed by atoms with van der Waals surface area (Å²) >= 11 is 5.94. The minimum absolute atomic E-state index is 0.00416. The number of carbonyl (C=O) groups is 2. The van der Waals surface area contributed by atoms with Crippen LogP contribution in [0.2, 0.25) is 5.02 Å². The number of phenols is 1. The van der Waals surface area contributed by atoms with Gasteiger partial charge < -0.3 is 15.2 Å². The molecular weight excluding hydrogens is 396 g/mol. The van der Waals surface area contributed by atoms with Gasteiger partial charge in [-0.25, -0.2) is 17.5 Å². The van der Waals surface area contributed by atoms with Crippen molar-refractivity contribution in [3.63, 3.8) is 0 Å². The van der Waals surface area contributed by atoms with Crippen molar-refractivity contribution in [1.82, 2.24) is 4.31 Å². The number of nitrogens with zero attached hydrogens (tertiary/aromatic N) is 1. The lowest BCUT2D eigenvalue weighted by Gasteiger charge is -2.14. The quantitative estimate of drug-likeness (QED) is 0.702. The summed E-state index contributed by atoms with van der Waals surface area (Å²) in [6.07, 6.45) is 0. The number of hydrogen-bond donors (Lipinski definition) is 2. The lowest BCUT2D eigenvalue weighted by Crippen LogP contribution is -2.23. The Morgan fingerprint density at radius 3 is 2.37 bits per heavy atom. The van der Waals surface area contributed by atoms with Crippen molar-refractivity contribution in [2.45, 2.75) is 4.90 Å². The maximum Gasteiger partial charge on any atom is 0.338 e. The molecular formula is C17H17ClN2O6S. The van der Waals surface area contributed by atoms with Crippen LogP contribution < -0.4 is 5.32 Å². The number of esters is 1. The summed E-state index contributed by atoms with van der Waals surface area (Å²) in [7, 11) is -1.07. The third-order valence-corrected chi connectivity index (χ3v) is 5.71. The molecule has 0 atom stereocenters. The van der Waals surface area contributed by atoms with E-state index in [0.29, 0.717) is 0 Å². The second-order valence-corrected chi connectivity index (χ2v) is 8.13.